The van der Waals surface area contributed by atoms with Gasteiger partial charge in [-0.2, -0.15) is 0 Å². The van der Waals surface area contributed by atoms with Crippen LogP contribution in [0.4, 0.5) is 5.69 Å². The second kappa shape index (κ2) is 8.08. The molecule has 0 atom stereocenters. The maximum absolute atomic E-state index is 12.5. The van der Waals surface area contributed by atoms with E-state index in [1.807, 2.05) is 30.5 Å². The van der Waals surface area contributed by atoms with Gasteiger partial charge >= 0.3 is 0 Å². The van der Waals surface area contributed by atoms with E-state index in [0.29, 0.717) is 37.3 Å². The normalized spacial score (nSPS) is 14.0. The number of nitrogens with one attached hydrogen (secondary N) is 3. The van der Waals surface area contributed by atoms with Crippen LogP contribution in [-0.2, 0) is 21.2 Å². The first-order valence-corrected chi connectivity index (χ1v) is 11.0. The molecule has 1 aliphatic rings. The van der Waals surface area contributed by atoms with Crippen LogP contribution in [0.15, 0.2) is 64.6 Å². The molecule has 0 saturated carbocycles. The van der Waals surface area contributed by atoms with Crippen molar-refractivity contribution in [2.45, 2.75) is 30.6 Å². The average molecular weight is 410 g/mol. The maximum atomic E-state index is 12.5. The largest absolute Gasteiger partial charge is 0.361 e. The zero-order valence-corrected chi connectivity index (χ0v) is 16.6. The van der Waals surface area contributed by atoms with Crippen molar-refractivity contribution in [2.24, 2.45) is 4.99 Å². The van der Waals surface area contributed by atoms with Crippen molar-refractivity contribution in [3.63, 3.8) is 0 Å². The van der Waals surface area contributed by atoms with Crippen molar-refractivity contribution >= 4 is 38.4 Å². The highest BCUT2D eigenvalue weighted by Crippen LogP contribution is 2.20. The van der Waals surface area contributed by atoms with E-state index in [-0.39, 0.29) is 10.8 Å². The monoisotopic (exact) mass is 410 g/mol. The highest BCUT2D eigenvalue weighted by molar-refractivity contribution is 7.90. The summed E-state index contributed by atoms with van der Waals surface area (Å²) >= 11 is 0. The van der Waals surface area contributed by atoms with Gasteiger partial charge in [-0.05, 0) is 42.7 Å². The summed E-state index contributed by atoms with van der Waals surface area (Å²) in [6, 6.07) is 14.2. The molecule has 150 valence electrons. The lowest BCUT2D eigenvalue weighted by molar-refractivity contribution is -0.116. The molecular formula is C21H22N4O3S. The Labute approximate surface area is 169 Å². The molecule has 0 saturated heterocycles. The molecule has 3 N–H and O–H groups in total. The summed E-state index contributed by atoms with van der Waals surface area (Å²) in [7, 11) is -3.71. The molecule has 29 heavy (non-hydrogen) atoms. The predicted molar refractivity (Wildman–Crippen MR) is 114 cm³/mol. The molecule has 8 heteroatoms. The molecule has 7 nitrogen and oxygen atoms in total. The Kier molecular flexibility index (Phi) is 5.35. The van der Waals surface area contributed by atoms with Crippen LogP contribution < -0.4 is 10.0 Å². The van der Waals surface area contributed by atoms with Gasteiger partial charge in [0.15, 0.2) is 0 Å². The topological polar surface area (TPSA) is 103 Å². The first-order chi connectivity index (χ1) is 14.0. The van der Waals surface area contributed by atoms with E-state index in [0.717, 1.165) is 22.9 Å². The van der Waals surface area contributed by atoms with Crippen LogP contribution in [0, 0.1) is 0 Å². The number of anilines is 1. The van der Waals surface area contributed by atoms with Crippen LogP contribution >= 0.6 is 0 Å². The Morgan fingerprint density at radius 2 is 2.00 bits per heavy atom. The number of H-pyrrole nitrogens is 1. The quantitative estimate of drug-likeness (QED) is 0.581. The molecular weight excluding hydrogens is 388 g/mol. The van der Waals surface area contributed by atoms with Crippen molar-refractivity contribution < 1.29 is 13.2 Å². The molecule has 3 aromatic rings. The number of aromatic amines is 1. The summed E-state index contributed by atoms with van der Waals surface area (Å²) in [4.78, 5) is 19.8. The number of aromatic nitrogens is 1. The van der Waals surface area contributed by atoms with Gasteiger partial charge in [0.05, 0.1) is 4.90 Å². The van der Waals surface area contributed by atoms with Crippen molar-refractivity contribution in [3.05, 3.63) is 60.3 Å². The van der Waals surface area contributed by atoms with Gasteiger partial charge in [-0.25, -0.2) is 8.42 Å². The first kappa shape index (κ1) is 19.2. The standard InChI is InChI=1S/C21H22N4O3S/c26-21(11-10-15-14-23-19-8-2-1-7-18(15)19)24-16-5-3-6-17(13-16)29(27,28)25-20-9-4-12-22-20/h1-3,5-8,13-14,23H,4,9-12H2,(H,22,25)(H,24,26). The number of benzene rings is 2. The van der Waals surface area contributed by atoms with Gasteiger partial charge in [0, 0.05) is 42.2 Å². The molecule has 0 fully saturated rings. The number of rotatable bonds is 6. The molecule has 4 rings (SSSR count). The minimum absolute atomic E-state index is 0.0986. The van der Waals surface area contributed by atoms with E-state index in [1.165, 1.54) is 12.1 Å². The first-order valence-electron chi connectivity index (χ1n) is 9.52. The van der Waals surface area contributed by atoms with Gasteiger partial charge in [0.2, 0.25) is 5.91 Å². The van der Waals surface area contributed by atoms with Gasteiger partial charge in [0.25, 0.3) is 10.0 Å². The summed E-state index contributed by atoms with van der Waals surface area (Å²) in [6.07, 6.45) is 4.29. The number of nitrogens with zero attached hydrogens (tertiary/aromatic N) is 1. The van der Waals surface area contributed by atoms with Crippen molar-refractivity contribution in [3.8, 4) is 0 Å². The van der Waals surface area contributed by atoms with Crippen LogP contribution in [-0.4, -0.2) is 31.7 Å². The van der Waals surface area contributed by atoms with Crippen molar-refractivity contribution in [1.29, 1.82) is 0 Å². The van der Waals surface area contributed by atoms with Gasteiger partial charge in [-0.3, -0.25) is 14.5 Å². The molecule has 0 bridgehead atoms. The minimum atomic E-state index is -3.71. The lowest BCUT2D eigenvalue weighted by Gasteiger charge is -2.10. The predicted octanol–water partition coefficient (Wildman–Crippen LogP) is 3.21. The van der Waals surface area contributed by atoms with E-state index in [4.69, 9.17) is 0 Å². The number of sulfonamides is 1. The molecule has 0 spiro atoms. The van der Waals surface area contributed by atoms with Gasteiger partial charge in [-0.1, -0.05) is 24.3 Å². The number of amidine groups is 1. The van der Waals surface area contributed by atoms with Crippen LogP contribution in [0.5, 0.6) is 0 Å². The van der Waals surface area contributed by atoms with E-state index in [2.05, 4.69) is 20.0 Å². The van der Waals surface area contributed by atoms with Crippen molar-refractivity contribution in [1.82, 2.24) is 9.71 Å². The third kappa shape index (κ3) is 4.48. The zero-order valence-electron chi connectivity index (χ0n) is 15.8. The Morgan fingerprint density at radius 1 is 1.14 bits per heavy atom. The third-order valence-electron chi connectivity index (χ3n) is 4.85. The highest BCUT2D eigenvalue weighted by atomic mass is 32.2. The number of amides is 1. The molecule has 2 heterocycles. The summed E-state index contributed by atoms with van der Waals surface area (Å²) in [5, 5.41) is 3.89. The van der Waals surface area contributed by atoms with Crippen molar-refractivity contribution in [2.75, 3.05) is 11.9 Å². The van der Waals surface area contributed by atoms with E-state index in [9.17, 15) is 13.2 Å². The Bertz CT molecular complexity index is 1180. The van der Waals surface area contributed by atoms with E-state index < -0.39 is 10.0 Å². The number of para-hydroxylation sites is 1. The third-order valence-corrected chi connectivity index (χ3v) is 6.23. The number of carbonyl (C=O) groups is 1. The Hall–Kier alpha value is -3.13. The van der Waals surface area contributed by atoms with E-state index in [1.54, 1.807) is 12.1 Å². The Balaban J connectivity index is 1.40. The number of fused-ring (bicyclic) bond motifs is 1. The summed E-state index contributed by atoms with van der Waals surface area (Å²) in [6.45, 7) is 0.643. The number of hydrogen-bond acceptors (Lipinski definition) is 4. The Morgan fingerprint density at radius 3 is 2.83 bits per heavy atom. The lowest BCUT2D eigenvalue weighted by atomic mass is 10.1. The second-order valence-electron chi connectivity index (χ2n) is 6.97. The van der Waals surface area contributed by atoms with Gasteiger partial charge in [-0.15, -0.1) is 0 Å². The lowest BCUT2D eigenvalue weighted by Crippen LogP contribution is -2.29. The van der Waals surface area contributed by atoms with Crippen LogP contribution in [0.1, 0.15) is 24.8 Å². The molecule has 1 aromatic heterocycles. The van der Waals surface area contributed by atoms with Gasteiger partial charge in [0.1, 0.15) is 5.84 Å². The van der Waals surface area contributed by atoms with Crippen LogP contribution in [0.3, 0.4) is 0 Å². The number of hydrogen-bond donors (Lipinski definition) is 3. The van der Waals surface area contributed by atoms with Crippen LogP contribution in [0.25, 0.3) is 10.9 Å². The summed E-state index contributed by atoms with van der Waals surface area (Å²) < 4.78 is 27.6. The minimum Gasteiger partial charge on any atom is -0.361 e. The maximum Gasteiger partial charge on any atom is 0.262 e. The molecule has 2 aromatic carbocycles. The van der Waals surface area contributed by atoms with Crippen LogP contribution in [0.2, 0.25) is 0 Å². The SMILES string of the molecule is O=C(CCc1c[nH]c2ccccc12)Nc1cccc(S(=O)(=O)NC2=NCCC2)c1. The van der Waals surface area contributed by atoms with E-state index >= 15 is 0 Å². The number of aliphatic imine (C=N–C) groups is 1. The number of aryl methyl sites for hydroxylation is 1. The second-order valence-corrected chi connectivity index (χ2v) is 8.66. The molecule has 0 aliphatic carbocycles. The summed E-state index contributed by atoms with van der Waals surface area (Å²) in [5.41, 5.74) is 2.57. The molecule has 0 radical (unpaired) electrons. The summed E-state index contributed by atoms with van der Waals surface area (Å²) in [5.74, 6) is 0.316. The molecule has 1 aliphatic heterocycles. The van der Waals surface area contributed by atoms with Gasteiger partial charge < -0.3 is 10.3 Å². The smallest absolute Gasteiger partial charge is 0.262 e. The zero-order chi connectivity index (χ0) is 20.3. The number of carbonyl (C=O) groups excluding carboxylic acids is 1. The molecule has 1 amide bonds. The highest BCUT2D eigenvalue weighted by Gasteiger charge is 2.18. The fourth-order valence-corrected chi connectivity index (χ4v) is 4.52. The average Bonchev–Trinajstić information content (AvgIpc) is 3.36. The fourth-order valence-electron chi connectivity index (χ4n) is 3.39. The molecule has 0 unspecified atom stereocenters. The fraction of sp³-hybridized carbons (Fsp3) is 0.238.